The van der Waals surface area contributed by atoms with E-state index in [1.54, 1.807) is 13.0 Å². The van der Waals surface area contributed by atoms with Crippen LogP contribution >= 0.6 is 0 Å². The van der Waals surface area contributed by atoms with Crippen molar-refractivity contribution in [2.24, 2.45) is 0 Å². The summed E-state index contributed by atoms with van der Waals surface area (Å²) in [5.74, 6) is -0.144. The Hall–Kier alpha value is -2.81. The van der Waals surface area contributed by atoms with E-state index >= 15 is 0 Å². The molecular formula is C21H19FN2. The van der Waals surface area contributed by atoms with Crippen LogP contribution in [0.1, 0.15) is 16.7 Å². The number of fused-ring (bicyclic) bond motifs is 1. The van der Waals surface area contributed by atoms with Crippen molar-refractivity contribution >= 4 is 17.1 Å². The third-order valence-corrected chi connectivity index (χ3v) is 4.51. The number of para-hydroxylation sites is 1. The van der Waals surface area contributed by atoms with Gasteiger partial charge < -0.3 is 10.2 Å². The Morgan fingerprint density at radius 2 is 1.62 bits per heavy atom. The Balaban J connectivity index is 1.55. The number of rotatable bonds is 3. The van der Waals surface area contributed by atoms with Gasteiger partial charge in [0.25, 0.3) is 0 Å². The second kappa shape index (κ2) is 6.00. The Kier molecular flexibility index (Phi) is 3.69. The first-order valence-electron chi connectivity index (χ1n) is 8.14. The number of halogens is 1. The molecule has 3 aromatic rings. The van der Waals surface area contributed by atoms with Crippen LogP contribution < -0.4 is 10.2 Å². The first-order valence-corrected chi connectivity index (χ1v) is 8.14. The molecule has 0 spiro atoms. The van der Waals surface area contributed by atoms with Crippen molar-refractivity contribution in [3.8, 4) is 0 Å². The quantitative estimate of drug-likeness (QED) is 0.696. The molecule has 0 saturated heterocycles. The third kappa shape index (κ3) is 2.85. The maximum Gasteiger partial charge on any atom is 0.128 e. The van der Waals surface area contributed by atoms with Crippen molar-refractivity contribution in [1.82, 2.24) is 0 Å². The average Bonchev–Trinajstić information content (AvgIpc) is 3.01. The zero-order valence-corrected chi connectivity index (χ0v) is 13.6. The minimum absolute atomic E-state index is 0.144. The van der Waals surface area contributed by atoms with Gasteiger partial charge in [0.05, 0.1) is 0 Å². The Morgan fingerprint density at radius 1 is 0.833 bits per heavy atom. The molecule has 4 rings (SSSR count). The predicted octanol–water partition coefficient (Wildman–Crippen LogP) is 5.40. The Morgan fingerprint density at radius 3 is 2.42 bits per heavy atom. The number of nitrogens with zero attached hydrogens (tertiary/aromatic N) is 1. The lowest BCUT2D eigenvalue weighted by molar-refractivity contribution is 0.617. The zero-order chi connectivity index (χ0) is 16.5. The Labute approximate surface area is 141 Å². The SMILES string of the molecule is Cc1ccc(N2Cc3ccc(Nc4ccccc4)cc3C2)cc1F. The molecule has 0 atom stereocenters. The van der Waals surface area contributed by atoms with Crippen LogP contribution in [0.25, 0.3) is 0 Å². The molecule has 0 fully saturated rings. The highest BCUT2D eigenvalue weighted by Gasteiger charge is 2.20. The van der Waals surface area contributed by atoms with Gasteiger partial charge in [0, 0.05) is 30.2 Å². The number of nitrogens with one attached hydrogen (secondary N) is 1. The molecule has 0 amide bonds. The van der Waals surface area contributed by atoms with Gasteiger partial charge in [-0.2, -0.15) is 0 Å². The number of benzene rings is 3. The van der Waals surface area contributed by atoms with Gasteiger partial charge in [-0.1, -0.05) is 30.3 Å². The van der Waals surface area contributed by atoms with Crippen molar-refractivity contribution < 1.29 is 4.39 Å². The average molecular weight is 318 g/mol. The zero-order valence-electron chi connectivity index (χ0n) is 13.6. The molecule has 1 N–H and O–H groups in total. The minimum Gasteiger partial charge on any atom is -0.363 e. The summed E-state index contributed by atoms with van der Waals surface area (Å²) in [6.07, 6.45) is 0. The highest BCUT2D eigenvalue weighted by molar-refractivity contribution is 5.63. The molecule has 1 heterocycles. The maximum atomic E-state index is 13.8. The lowest BCUT2D eigenvalue weighted by Crippen LogP contribution is -2.14. The molecule has 0 aromatic heterocycles. The summed E-state index contributed by atoms with van der Waals surface area (Å²) >= 11 is 0. The summed E-state index contributed by atoms with van der Waals surface area (Å²) in [6.45, 7) is 3.42. The molecule has 3 heteroatoms. The first-order chi connectivity index (χ1) is 11.7. The maximum absolute atomic E-state index is 13.8. The van der Waals surface area contributed by atoms with Crippen LogP contribution in [-0.4, -0.2) is 0 Å². The molecule has 0 aliphatic carbocycles. The number of anilines is 3. The van der Waals surface area contributed by atoms with Gasteiger partial charge in [-0.25, -0.2) is 4.39 Å². The lowest BCUT2D eigenvalue weighted by Gasteiger charge is -2.18. The highest BCUT2D eigenvalue weighted by atomic mass is 19.1. The molecule has 3 aromatic carbocycles. The molecule has 24 heavy (non-hydrogen) atoms. The fourth-order valence-electron chi connectivity index (χ4n) is 3.12. The fraction of sp³-hybridized carbons (Fsp3) is 0.143. The van der Waals surface area contributed by atoms with Crippen molar-refractivity contribution in [2.45, 2.75) is 20.0 Å². The molecule has 0 bridgehead atoms. The lowest BCUT2D eigenvalue weighted by atomic mass is 10.1. The van der Waals surface area contributed by atoms with E-state index in [1.165, 1.54) is 11.1 Å². The summed E-state index contributed by atoms with van der Waals surface area (Å²) in [5, 5.41) is 3.43. The van der Waals surface area contributed by atoms with Gasteiger partial charge in [0.1, 0.15) is 5.82 Å². The molecule has 120 valence electrons. The molecule has 0 unspecified atom stereocenters. The van der Waals surface area contributed by atoms with Crippen LogP contribution in [0.4, 0.5) is 21.5 Å². The van der Waals surface area contributed by atoms with Crippen LogP contribution in [0, 0.1) is 12.7 Å². The predicted molar refractivity (Wildman–Crippen MR) is 97.2 cm³/mol. The van der Waals surface area contributed by atoms with E-state index in [4.69, 9.17) is 0 Å². The monoisotopic (exact) mass is 318 g/mol. The third-order valence-electron chi connectivity index (χ3n) is 4.51. The normalized spacial score (nSPS) is 13.0. The van der Waals surface area contributed by atoms with E-state index < -0.39 is 0 Å². The van der Waals surface area contributed by atoms with Gasteiger partial charge in [-0.15, -0.1) is 0 Å². The van der Waals surface area contributed by atoms with E-state index in [0.717, 1.165) is 30.2 Å². The van der Waals surface area contributed by atoms with Gasteiger partial charge in [-0.3, -0.25) is 0 Å². The van der Waals surface area contributed by atoms with E-state index in [9.17, 15) is 4.39 Å². The minimum atomic E-state index is -0.144. The molecule has 0 saturated carbocycles. The van der Waals surface area contributed by atoms with Crippen molar-refractivity contribution in [3.05, 3.63) is 89.2 Å². The molecule has 2 nitrogen and oxygen atoms in total. The van der Waals surface area contributed by atoms with Gasteiger partial charge >= 0.3 is 0 Å². The van der Waals surface area contributed by atoms with Crippen LogP contribution in [0.5, 0.6) is 0 Å². The molecular weight excluding hydrogens is 299 g/mol. The van der Waals surface area contributed by atoms with Gasteiger partial charge in [-0.05, 0) is 60.0 Å². The van der Waals surface area contributed by atoms with E-state index in [-0.39, 0.29) is 5.82 Å². The van der Waals surface area contributed by atoms with Gasteiger partial charge in [0.2, 0.25) is 0 Å². The molecule has 1 aliphatic heterocycles. The summed E-state index contributed by atoms with van der Waals surface area (Å²) in [4.78, 5) is 2.21. The highest BCUT2D eigenvalue weighted by Crippen LogP contribution is 2.31. The summed E-state index contributed by atoms with van der Waals surface area (Å²) in [5.41, 5.74) is 6.37. The second-order valence-electron chi connectivity index (χ2n) is 6.26. The first kappa shape index (κ1) is 14.8. The standard InChI is InChI=1S/C21H19FN2/c1-15-7-10-20(12-21(15)22)24-13-16-8-9-19(11-17(16)14-24)23-18-5-3-2-4-6-18/h2-12,23H,13-14H2,1H3. The van der Waals surface area contributed by atoms with E-state index in [0.29, 0.717) is 5.56 Å². The van der Waals surface area contributed by atoms with Crippen molar-refractivity contribution in [1.29, 1.82) is 0 Å². The van der Waals surface area contributed by atoms with Crippen molar-refractivity contribution in [3.63, 3.8) is 0 Å². The number of aryl methyl sites for hydroxylation is 1. The topological polar surface area (TPSA) is 15.3 Å². The van der Waals surface area contributed by atoms with Crippen LogP contribution in [-0.2, 0) is 13.1 Å². The fourth-order valence-corrected chi connectivity index (χ4v) is 3.12. The number of hydrogen-bond acceptors (Lipinski definition) is 2. The molecule has 0 radical (unpaired) electrons. The van der Waals surface area contributed by atoms with Crippen LogP contribution in [0.3, 0.4) is 0 Å². The smallest absolute Gasteiger partial charge is 0.128 e. The summed E-state index contributed by atoms with van der Waals surface area (Å²) < 4.78 is 13.8. The summed E-state index contributed by atoms with van der Waals surface area (Å²) in [6, 6.07) is 22.1. The second-order valence-corrected chi connectivity index (χ2v) is 6.26. The summed E-state index contributed by atoms with van der Waals surface area (Å²) in [7, 11) is 0. The van der Waals surface area contributed by atoms with Crippen molar-refractivity contribution in [2.75, 3.05) is 10.2 Å². The number of hydrogen-bond donors (Lipinski definition) is 1. The van der Waals surface area contributed by atoms with Crippen LogP contribution in [0.15, 0.2) is 66.7 Å². The van der Waals surface area contributed by atoms with Crippen LogP contribution in [0.2, 0.25) is 0 Å². The van der Waals surface area contributed by atoms with Gasteiger partial charge in [0.15, 0.2) is 0 Å². The van der Waals surface area contributed by atoms with E-state index in [2.05, 4.69) is 40.5 Å². The Bertz CT molecular complexity index is 874. The molecule has 1 aliphatic rings. The largest absolute Gasteiger partial charge is 0.363 e. The van der Waals surface area contributed by atoms with E-state index in [1.807, 2.05) is 30.3 Å².